The molecule has 11 heteroatoms. The minimum absolute atomic E-state index is 0.0527. The van der Waals surface area contributed by atoms with E-state index >= 15 is 0 Å². The van der Waals surface area contributed by atoms with Gasteiger partial charge in [0.1, 0.15) is 11.7 Å². The molecule has 4 N–H and O–H groups in total. The van der Waals surface area contributed by atoms with Gasteiger partial charge in [-0.1, -0.05) is 25.5 Å². The summed E-state index contributed by atoms with van der Waals surface area (Å²) in [5, 5.41) is 9.43. The summed E-state index contributed by atoms with van der Waals surface area (Å²) in [6, 6.07) is 5.86. The van der Waals surface area contributed by atoms with Crippen LogP contribution >= 0.6 is 11.6 Å². The summed E-state index contributed by atoms with van der Waals surface area (Å²) in [4.78, 5) is 32.5. The Labute approximate surface area is 182 Å². The number of nitrogens with two attached hydrogens (primary N) is 1. The second kappa shape index (κ2) is 9.88. The monoisotopic (exact) mass is 449 g/mol. The van der Waals surface area contributed by atoms with Gasteiger partial charge >= 0.3 is 5.69 Å². The maximum atomic E-state index is 13.0. The van der Waals surface area contributed by atoms with E-state index in [9.17, 15) is 14.0 Å². The highest BCUT2D eigenvalue weighted by atomic mass is 35.5. The van der Waals surface area contributed by atoms with Crippen molar-refractivity contribution in [2.75, 3.05) is 6.54 Å². The smallest absolute Gasteiger partial charge is 0.323 e. The van der Waals surface area contributed by atoms with Crippen LogP contribution in [0.5, 0.6) is 0 Å². The van der Waals surface area contributed by atoms with Crippen LogP contribution in [0.2, 0.25) is 5.28 Å². The van der Waals surface area contributed by atoms with E-state index in [-0.39, 0.29) is 47.6 Å². The fourth-order valence-electron chi connectivity index (χ4n) is 3.28. The first-order chi connectivity index (χ1) is 14.8. The number of unbranched alkanes of at least 4 members (excludes halogenated alkanes) is 1. The third kappa shape index (κ3) is 5.20. The summed E-state index contributed by atoms with van der Waals surface area (Å²) >= 11 is 5.92. The molecule has 0 saturated carbocycles. The molecule has 3 aromatic rings. The number of hydrogen-bond donors (Lipinski definition) is 3. The van der Waals surface area contributed by atoms with Crippen LogP contribution in [0, 0.1) is 11.2 Å². The van der Waals surface area contributed by atoms with Crippen LogP contribution in [0.15, 0.2) is 33.9 Å². The number of aryl methyl sites for hydroxylation is 1. The molecule has 0 unspecified atom stereocenters. The van der Waals surface area contributed by atoms with Gasteiger partial charge in [0.15, 0.2) is 11.2 Å². The predicted octanol–water partition coefficient (Wildman–Crippen LogP) is 2.26. The van der Waals surface area contributed by atoms with E-state index in [1.807, 2.05) is 6.92 Å². The van der Waals surface area contributed by atoms with Crippen LogP contribution in [-0.2, 0) is 19.5 Å². The number of rotatable bonds is 9. The van der Waals surface area contributed by atoms with Crippen molar-refractivity contribution in [3.63, 3.8) is 0 Å². The molecule has 0 saturated heterocycles. The van der Waals surface area contributed by atoms with Crippen LogP contribution in [0.3, 0.4) is 0 Å². The Balaban J connectivity index is 1.71. The van der Waals surface area contributed by atoms with Crippen molar-refractivity contribution in [2.24, 2.45) is 5.84 Å². The number of amidine groups is 1. The van der Waals surface area contributed by atoms with Crippen molar-refractivity contribution in [1.29, 1.82) is 5.41 Å². The summed E-state index contributed by atoms with van der Waals surface area (Å²) in [5.41, 5.74) is 0.273. The van der Waals surface area contributed by atoms with Gasteiger partial charge in [0.2, 0.25) is 5.28 Å². The molecule has 0 amide bonds. The van der Waals surface area contributed by atoms with Gasteiger partial charge in [-0.05, 0) is 42.1 Å². The number of H-pyrrole nitrogens is 1. The van der Waals surface area contributed by atoms with Gasteiger partial charge in [0, 0.05) is 26.1 Å². The first-order valence-electron chi connectivity index (χ1n) is 10.0. The molecule has 9 nitrogen and oxygen atoms in total. The van der Waals surface area contributed by atoms with Crippen molar-refractivity contribution < 1.29 is 4.39 Å². The van der Waals surface area contributed by atoms with Crippen molar-refractivity contribution in [1.82, 2.24) is 24.1 Å². The van der Waals surface area contributed by atoms with Gasteiger partial charge in [-0.2, -0.15) is 4.98 Å². The van der Waals surface area contributed by atoms with Crippen molar-refractivity contribution >= 4 is 28.6 Å². The van der Waals surface area contributed by atoms with E-state index in [0.717, 1.165) is 23.0 Å². The quantitative estimate of drug-likeness (QED) is 0.152. The number of benzene rings is 1. The second-order valence-corrected chi connectivity index (χ2v) is 7.63. The van der Waals surface area contributed by atoms with E-state index in [2.05, 4.69) is 9.97 Å². The van der Waals surface area contributed by atoms with E-state index in [1.165, 1.54) is 21.7 Å². The molecule has 0 aliphatic rings. The van der Waals surface area contributed by atoms with Crippen molar-refractivity contribution in [3.8, 4) is 0 Å². The third-order valence-corrected chi connectivity index (χ3v) is 5.16. The average molecular weight is 450 g/mol. The number of hydrazine groups is 1. The van der Waals surface area contributed by atoms with Crippen molar-refractivity contribution in [2.45, 2.75) is 45.7 Å². The van der Waals surface area contributed by atoms with Gasteiger partial charge in [0.05, 0.1) is 0 Å². The molecule has 3 rings (SSSR count). The summed E-state index contributed by atoms with van der Waals surface area (Å²) < 4.78 is 15.6. The predicted molar refractivity (Wildman–Crippen MR) is 118 cm³/mol. The molecule has 0 fully saturated rings. The van der Waals surface area contributed by atoms with Crippen LogP contribution in [0.25, 0.3) is 11.2 Å². The summed E-state index contributed by atoms with van der Waals surface area (Å²) in [6.45, 7) is 2.83. The van der Waals surface area contributed by atoms with E-state index in [4.69, 9.17) is 22.9 Å². The molecule has 166 valence electrons. The van der Waals surface area contributed by atoms with Gasteiger partial charge in [-0.15, -0.1) is 0 Å². The number of nitrogens with zero attached hydrogens (tertiary/aromatic N) is 4. The highest BCUT2D eigenvalue weighted by Gasteiger charge is 2.17. The SMILES string of the molecule is CCCCn1c(=O)n(CCCN(N)C(=N)Cc2ccc(F)cc2)c(=O)c2[nH]c(Cl)nc21. The van der Waals surface area contributed by atoms with Crippen molar-refractivity contribution in [3.05, 3.63) is 61.8 Å². The minimum atomic E-state index is -0.489. The van der Waals surface area contributed by atoms with E-state index in [0.29, 0.717) is 13.0 Å². The number of aromatic amines is 1. The Hall–Kier alpha value is -2.98. The van der Waals surface area contributed by atoms with Gasteiger partial charge in [-0.25, -0.2) is 15.0 Å². The summed E-state index contributed by atoms with van der Waals surface area (Å²) in [5.74, 6) is 5.76. The first-order valence-corrected chi connectivity index (χ1v) is 10.4. The maximum absolute atomic E-state index is 13.0. The molecule has 31 heavy (non-hydrogen) atoms. The number of halogens is 2. The van der Waals surface area contributed by atoms with Crippen LogP contribution in [-0.4, -0.2) is 36.5 Å². The standard InChI is InChI=1S/C20H25ClFN7O2/c1-2-3-9-27-17-16(25-19(21)26-17)18(30)28(20(27)31)10-4-11-29(24)15(23)12-13-5-7-14(22)8-6-13/h5-8,23H,2-4,9-12,24H2,1H3,(H,25,26). The van der Waals surface area contributed by atoms with E-state index < -0.39 is 11.2 Å². The lowest BCUT2D eigenvalue weighted by Gasteiger charge is -2.19. The molecule has 2 aromatic heterocycles. The zero-order chi connectivity index (χ0) is 22.5. The lowest BCUT2D eigenvalue weighted by Crippen LogP contribution is -2.42. The van der Waals surface area contributed by atoms with Crippen LogP contribution in [0.4, 0.5) is 4.39 Å². The highest BCUT2D eigenvalue weighted by Crippen LogP contribution is 2.10. The average Bonchev–Trinajstić information content (AvgIpc) is 3.13. The Kier molecular flexibility index (Phi) is 7.24. The molecule has 0 spiro atoms. The lowest BCUT2D eigenvalue weighted by atomic mass is 10.1. The topological polar surface area (TPSA) is 126 Å². The van der Waals surface area contributed by atoms with Crippen LogP contribution < -0.4 is 17.1 Å². The zero-order valence-electron chi connectivity index (χ0n) is 17.2. The normalized spacial score (nSPS) is 11.2. The fraction of sp³-hybridized carbons (Fsp3) is 0.400. The summed E-state index contributed by atoms with van der Waals surface area (Å²) in [6.07, 6.45) is 2.26. The lowest BCUT2D eigenvalue weighted by molar-refractivity contribution is 0.397. The first kappa shape index (κ1) is 22.7. The Morgan fingerprint density at radius 1 is 1.23 bits per heavy atom. The second-order valence-electron chi connectivity index (χ2n) is 7.27. The zero-order valence-corrected chi connectivity index (χ0v) is 18.0. The number of aromatic nitrogens is 4. The molecule has 0 aliphatic heterocycles. The van der Waals surface area contributed by atoms with Crippen LogP contribution in [0.1, 0.15) is 31.7 Å². The molecule has 0 bridgehead atoms. The molecule has 0 atom stereocenters. The molecule has 0 aliphatic carbocycles. The summed E-state index contributed by atoms with van der Waals surface area (Å²) in [7, 11) is 0. The Bertz CT molecular complexity index is 1180. The van der Waals surface area contributed by atoms with E-state index in [1.54, 1.807) is 12.1 Å². The van der Waals surface area contributed by atoms with Gasteiger partial charge in [-0.3, -0.25) is 24.3 Å². The number of imidazole rings is 1. The number of fused-ring (bicyclic) bond motifs is 1. The van der Waals surface area contributed by atoms with Gasteiger partial charge < -0.3 is 4.98 Å². The Morgan fingerprint density at radius 2 is 1.90 bits per heavy atom. The largest absolute Gasteiger partial charge is 0.332 e. The molecule has 2 heterocycles. The molecule has 0 radical (unpaired) electrons. The molecule has 1 aromatic carbocycles. The Morgan fingerprint density at radius 3 is 2.58 bits per heavy atom. The number of hydrogen-bond acceptors (Lipinski definition) is 5. The minimum Gasteiger partial charge on any atom is -0.323 e. The maximum Gasteiger partial charge on any atom is 0.332 e. The van der Waals surface area contributed by atoms with Gasteiger partial charge in [0.25, 0.3) is 5.56 Å². The highest BCUT2D eigenvalue weighted by molar-refractivity contribution is 6.28. The molecular weight excluding hydrogens is 425 g/mol. The number of nitrogens with one attached hydrogen (secondary N) is 2. The molecular formula is C20H25ClFN7O2. The third-order valence-electron chi connectivity index (χ3n) is 4.98. The fourth-order valence-corrected chi connectivity index (χ4v) is 3.46.